The minimum absolute atomic E-state index is 0.0220. The van der Waals surface area contributed by atoms with Crippen molar-refractivity contribution in [3.8, 4) is 0 Å². The Hall–Kier alpha value is -1.82. The molecule has 0 aliphatic carbocycles. The van der Waals surface area contributed by atoms with E-state index in [1.54, 1.807) is 6.21 Å². The van der Waals surface area contributed by atoms with Gasteiger partial charge in [-0.2, -0.15) is 0 Å². The van der Waals surface area contributed by atoms with E-state index in [0.717, 1.165) is 18.8 Å². The van der Waals surface area contributed by atoms with Gasteiger partial charge in [0.2, 0.25) is 0 Å². The summed E-state index contributed by atoms with van der Waals surface area (Å²) in [6, 6.07) is 4.06. The van der Waals surface area contributed by atoms with Crippen molar-refractivity contribution >= 4 is 6.21 Å². The number of unbranched alkanes of at least 4 members (excludes halogenated alkanes) is 1. The van der Waals surface area contributed by atoms with Crippen LogP contribution in [0.2, 0.25) is 0 Å². The highest BCUT2D eigenvalue weighted by Crippen LogP contribution is 2.01. The maximum atomic E-state index is 5.41. The third kappa shape index (κ3) is 18.4. The molecule has 1 rings (SSSR count). The van der Waals surface area contributed by atoms with E-state index < -0.39 is 0 Å². The highest BCUT2D eigenvalue weighted by molar-refractivity contribution is 5.55. The molecule has 0 saturated heterocycles. The topological polar surface area (TPSA) is 89.3 Å². The lowest BCUT2D eigenvalue weighted by atomic mass is 10.2. The number of rotatable bonds is 7. The largest absolute Gasteiger partial charge is 0.333 e. The van der Waals surface area contributed by atoms with Gasteiger partial charge in [-0.15, -0.1) is 13.2 Å². The van der Waals surface area contributed by atoms with Gasteiger partial charge < -0.3 is 16.8 Å². The van der Waals surface area contributed by atoms with Crippen LogP contribution in [0, 0.1) is 6.92 Å². The standard InChI is InChI=1S/C11H18N2.C6H12N2.C2H4.CH5N/c1-3-4-7-12-9-11-10(2)6-5-8-13-11;1-4-8-6(3)5(2)7;2*1-2/h5-6,8,12H,3-4,7,9H2,1-2H3;4-5H,3,7H2,1-2H3;1-2H2;2H2,1H3. The molecule has 0 spiro atoms. The van der Waals surface area contributed by atoms with E-state index in [2.05, 4.69) is 60.7 Å². The zero-order chi connectivity index (χ0) is 20.1. The van der Waals surface area contributed by atoms with Gasteiger partial charge in [-0.3, -0.25) is 9.98 Å². The fourth-order valence-electron chi connectivity index (χ4n) is 1.50. The van der Waals surface area contributed by atoms with Gasteiger partial charge in [0.15, 0.2) is 0 Å². The van der Waals surface area contributed by atoms with Crippen molar-refractivity contribution in [1.29, 1.82) is 0 Å². The lowest BCUT2D eigenvalue weighted by molar-refractivity contribution is 0.631. The smallest absolute Gasteiger partial charge is 0.0570 e. The summed E-state index contributed by atoms with van der Waals surface area (Å²) >= 11 is 0. The lowest BCUT2D eigenvalue weighted by Gasteiger charge is -2.05. The molecule has 5 heteroatoms. The molecule has 0 saturated carbocycles. The predicted molar refractivity (Wildman–Crippen MR) is 114 cm³/mol. The number of aryl methyl sites for hydroxylation is 1. The van der Waals surface area contributed by atoms with Gasteiger partial charge in [0, 0.05) is 30.7 Å². The van der Waals surface area contributed by atoms with Crippen LogP contribution < -0.4 is 16.8 Å². The lowest BCUT2D eigenvalue weighted by Crippen LogP contribution is -2.16. The van der Waals surface area contributed by atoms with Crippen molar-refractivity contribution in [2.24, 2.45) is 16.5 Å². The molecule has 0 aromatic carbocycles. The zero-order valence-electron chi connectivity index (χ0n) is 16.9. The first-order valence-corrected chi connectivity index (χ1v) is 8.64. The third-order valence-corrected chi connectivity index (χ3v) is 2.94. The molecule has 25 heavy (non-hydrogen) atoms. The maximum absolute atomic E-state index is 5.41. The Morgan fingerprint density at radius 3 is 2.40 bits per heavy atom. The van der Waals surface area contributed by atoms with E-state index in [0.29, 0.717) is 0 Å². The molecule has 1 aromatic heterocycles. The molecule has 1 heterocycles. The third-order valence-electron chi connectivity index (χ3n) is 2.94. The average Bonchev–Trinajstić information content (AvgIpc) is 2.64. The van der Waals surface area contributed by atoms with Gasteiger partial charge in [0.1, 0.15) is 0 Å². The second-order valence-corrected chi connectivity index (χ2v) is 4.96. The Kier molecular flexibility index (Phi) is 24.8. The number of hydrogen-bond acceptors (Lipinski definition) is 5. The van der Waals surface area contributed by atoms with Crippen LogP contribution in [-0.2, 0) is 6.54 Å². The van der Waals surface area contributed by atoms with Crippen molar-refractivity contribution in [3.05, 3.63) is 55.0 Å². The molecule has 5 nitrogen and oxygen atoms in total. The Morgan fingerprint density at radius 1 is 1.40 bits per heavy atom. The second-order valence-electron chi connectivity index (χ2n) is 4.96. The normalized spacial score (nSPS) is 10.4. The van der Waals surface area contributed by atoms with Gasteiger partial charge in [-0.25, -0.2) is 0 Å². The highest BCUT2D eigenvalue weighted by Gasteiger charge is 1.96. The monoisotopic (exact) mass is 349 g/mol. The van der Waals surface area contributed by atoms with Crippen LogP contribution in [0.1, 0.15) is 44.9 Å². The molecule has 0 aliphatic heterocycles. The van der Waals surface area contributed by atoms with Crippen LogP contribution in [0.25, 0.3) is 0 Å². The number of hydrogen-bond donors (Lipinski definition) is 3. The molecular weight excluding hydrogens is 310 g/mol. The van der Waals surface area contributed by atoms with E-state index in [9.17, 15) is 0 Å². The highest BCUT2D eigenvalue weighted by atomic mass is 14.9. The van der Waals surface area contributed by atoms with Gasteiger partial charge in [-0.1, -0.05) is 26.0 Å². The minimum Gasteiger partial charge on any atom is -0.333 e. The maximum Gasteiger partial charge on any atom is 0.0570 e. The van der Waals surface area contributed by atoms with Gasteiger partial charge >= 0.3 is 0 Å². The average molecular weight is 350 g/mol. The molecule has 0 aliphatic rings. The van der Waals surface area contributed by atoms with E-state index in [4.69, 9.17) is 5.73 Å². The Bertz CT molecular complexity index is 441. The first kappa shape index (κ1) is 28.0. The predicted octanol–water partition coefficient (Wildman–Crippen LogP) is 3.59. The number of pyridine rings is 1. The summed E-state index contributed by atoms with van der Waals surface area (Å²) in [5.74, 6) is 0. The molecule has 1 atom stereocenters. The van der Waals surface area contributed by atoms with Gasteiger partial charge in [0.25, 0.3) is 0 Å². The Labute approximate surface area is 155 Å². The van der Waals surface area contributed by atoms with Crippen LogP contribution in [-0.4, -0.2) is 30.8 Å². The second kappa shape index (κ2) is 22.2. The summed E-state index contributed by atoms with van der Waals surface area (Å²) in [6.45, 7) is 19.6. The molecule has 1 aromatic rings. The molecule has 0 amide bonds. The van der Waals surface area contributed by atoms with Gasteiger partial charge in [-0.05, 0) is 52.4 Å². The number of nitrogens with zero attached hydrogens (tertiary/aromatic N) is 2. The number of aliphatic imine (C=N–C) groups is 1. The summed E-state index contributed by atoms with van der Waals surface area (Å²) in [5.41, 5.74) is 13.1. The van der Waals surface area contributed by atoms with Crippen molar-refractivity contribution in [2.75, 3.05) is 13.6 Å². The summed E-state index contributed by atoms with van der Waals surface area (Å²) in [4.78, 5) is 8.19. The molecule has 0 fully saturated rings. The van der Waals surface area contributed by atoms with Crippen LogP contribution >= 0.6 is 0 Å². The van der Waals surface area contributed by atoms with Crippen molar-refractivity contribution in [3.63, 3.8) is 0 Å². The Morgan fingerprint density at radius 2 is 2.00 bits per heavy atom. The van der Waals surface area contributed by atoms with E-state index in [1.807, 2.05) is 26.1 Å². The van der Waals surface area contributed by atoms with Crippen molar-refractivity contribution in [1.82, 2.24) is 10.3 Å². The molecule has 5 N–H and O–H groups in total. The van der Waals surface area contributed by atoms with E-state index in [-0.39, 0.29) is 6.04 Å². The van der Waals surface area contributed by atoms with Crippen LogP contribution in [0.15, 0.2) is 48.8 Å². The fourth-order valence-corrected chi connectivity index (χ4v) is 1.50. The molecular formula is C20H39N5. The van der Waals surface area contributed by atoms with Crippen molar-refractivity contribution in [2.45, 2.75) is 53.1 Å². The number of nitrogens with two attached hydrogens (primary N) is 2. The fraction of sp³-hybridized carbons (Fsp3) is 0.500. The van der Waals surface area contributed by atoms with Crippen LogP contribution in [0.5, 0.6) is 0 Å². The van der Waals surface area contributed by atoms with Gasteiger partial charge in [0.05, 0.1) is 5.69 Å². The summed E-state index contributed by atoms with van der Waals surface area (Å²) in [5, 5.41) is 3.38. The first-order valence-electron chi connectivity index (χ1n) is 8.64. The Balaban J connectivity index is -0.000000348. The first-order chi connectivity index (χ1) is 12.0. The molecule has 1 unspecified atom stereocenters. The van der Waals surface area contributed by atoms with Crippen LogP contribution in [0.3, 0.4) is 0 Å². The number of nitrogens with one attached hydrogen (secondary N) is 1. The summed E-state index contributed by atoms with van der Waals surface area (Å²) < 4.78 is 0. The van der Waals surface area contributed by atoms with E-state index >= 15 is 0 Å². The quantitative estimate of drug-likeness (QED) is 0.398. The minimum atomic E-state index is -0.0220. The molecule has 0 bridgehead atoms. The number of aromatic nitrogens is 1. The SMILES string of the molecule is C=C.C=C(N=CC)C(C)N.CCCCNCc1ncccc1C.CN. The summed E-state index contributed by atoms with van der Waals surface area (Å²) in [7, 11) is 1.50. The van der Waals surface area contributed by atoms with E-state index in [1.165, 1.54) is 31.1 Å². The van der Waals surface area contributed by atoms with Crippen molar-refractivity contribution < 1.29 is 0 Å². The van der Waals surface area contributed by atoms with Crippen LogP contribution in [0.4, 0.5) is 0 Å². The summed E-state index contributed by atoms with van der Waals surface area (Å²) in [6.07, 6.45) is 6.02. The zero-order valence-corrected chi connectivity index (χ0v) is 16.9. The molecule has 0 radical (unpaired) electrons. The molecule has 144 valence electrons.